The van der Waals surface area contributed by atoms with Crippen LogP contribution in [0.2, 0.25) is 0 Å². The molecule has 2 heterocycles. The van der Waals surface area contributed by atoms with Crippen LogP contribution in [0.5, 0.6) is 0 Å². The molecule has 0 aliphatic rings. The van der Waals surface area contributed by atoms with E-state index >= 15 is 0 Å². The molecule has 0 saturated heterocycles. The van der Waals surface area contributed by atoms with Crippen LogP contribution in [0.3, 0.4) is 0 Å². The summed E-state index contributed by atoms with van der Waals surface area (Å²) in [6.45, 7) is 1.73. The molecule has 0 saturated carbocycles. The van der Waals surface area contributed by atoms with E-state index in [2.05, 4.69) is 15.1 Å². The topological polar surface area (TPSA) is 129 Å². The van der Waals surface area contributed by atoms with Gasteiger partial charge in [0.25, 0.3) is 21.0 Å². The summed E-state index contributed by atoms with van der Waals surface area (Å²) in [6, 6.07) is 3.04. The van der Waals surface area contributed by atoms with Crippen LogP contribution in [0.1, 0.15) is 15.9 Å². The first kappa shape index (κ1) is 15.8. The van der Waals surface area contributed by atoms with Gasteiger partial charge >= 0.3 is 0 Å². The fourth-order valence-electron chi connectivity index (χ4n) is 1.95. The van der Waals surface area contributed by atoms with Crippen LogP contribution in [-0.4, -0.2) is 34.0 Å². The molecular weight excluding hydrogens is 341 g/mol. The largest absolute Gasteiger partial charge is 0.545 e. The molecule has 24 heavy (non-hydrogen) atoms. The van der Waals surface area contributed by atoms with Crippen molar-refractivity contribution < 1.29 is 22.7 Å². The first-order chi connectivity index (χ1) is 11.3. The van der Waals surface area contributed by atoms with Gasteiger partial charge in [0.1, 0.15) is 5.82 Å². The van der Waals surface area contributed by atoms with Crippen LogP contribution < -0.4 is 9.83 Å². The van der Waals surface area contributed by atoms with Crippen LogP contribution in [0.25, 0.3) is 5.78 Å². The van der Waals surface area contributed by atoms with E-state index < -0.39 is 38.2 Å². The Balaban J connectivity index is 2.07. The number of anilines is 1. The Kier molecular flexibility index (Phi) is 3.64. The zero-order valence-corrected chi connectivity index (χ0v) is 12.9. The average molecular weight is 350 g/mol. The number of halogens is 1. The number of nitrogens with zero attached hydrogens (tertiary/aromatic N) is 4. The van der Waals surface area contributed by atoms with Gasteiger partial charge in [0.2, 0.25) is 0 Å². The molecule has 0 aliphatic carbocycles. The predicted molar refractivity (Wildman–Crippen MR) is 77.1 cm³/mol. The molecule has 1 aromatic carbocycles. The lowest BCUT2D eigenvalue weighted by molar-refractivity contribution is -0.254. The standard InChI is InChI=1S/C13H10FN5O4S/c1-7-5-15-12-16-13(17-19(12)6-7)24(22,23)18-10-8(11(20)21)3-2-4-9(10)14/h2-6,18H,1H3,(H,20,21)/p-1. The van der Waals surface area contributed by atoms with Crippen molar-refractivity contribution in [2.75, 3.05) is 4.72 Å². The number of hydrogen-bond donors (Lipinski definition) is 1. The summed E-state index contributed by atoms with van der Waals surface area (Å²) in [5.41, 5.74) is -0.672. The number of para-hydroxylation sites is 1. The predicted octanol–water partition coefficient (Wildman–Crippen LogP) is -0.264. The summed E-state index contributed by atoms with van der Waals surface area (Å²) >= 11 is 0. The van der Waals surface area contributed by atoms with Gasteiger partial charge in [-0.2, -0.15) is 13.4 Å². The number of carbonyl (C=O) groups excluding carboxylic acids is 1. The summed E-state index contributed by atoms with van der Waals surface area (Å²) in [5, 5.41) is 14.1. The molecule has 124 valence electrons. The molecule has 0 bridgehead atoms. The van der Waals surface area contributed by atoms with Crippen molar-refractivity contribution in [3.05, 3.63) is 47.5 Å². The van der Waals surface area contributed by atoms with Gasteiger partial charge in [0, 0.05) is 18.0 Å². The van der Waals surface area contributed by atoms with E-state index in [1.54, 1.807) is 6.92 Å². The van der Waals surface area contributed by atoms with Crippen molar-refractivity contribution in [2.45, 2.75) is 12.1 Å². The summed E-state index contributed by atoms with van der Waals surface area (Å²) in [5.74, 6) is -2.78. The van der Waals surface area contributed by atoms with Gasteiger partial charge in [0.05, 0.1) is 11.7 Å². The fraction of sp³-hybridized carbons (Fsp3) is 0.0769. The normalized spacial score (nSPS) is 11.6. The lowest BCUT2D eigenvalue weighted by Crippen LogP contribution is -2.26. The quantitative estimate of drug-likeness (QED) is 0.686. The minimum absolute atomic E-state index is 0.0228. The van der Waals surface area contributed by atoms with E-state index in [0.717, 1.165) is 28.3 Å². The number of aromatic carboxylic acids is 1. The third kappa shape index (κ3) is 2.76. The minimum atomic E-state index is -4.43. The van der Waals surface area contributed by atoms with Gasteiger partial charge in [-0.3, -0.25) is 4.72 Å². The number of nitrogens with one attached hydrogen (secondary N) is 1. The molecule has 9 nitrogen and oxygen atoms in total. The van der Waals surface area contributed by atoms with Crippen LogP contribution in [0, 0.1) is 12.7 Å². The van der Waals surface area contributed by atoms with Crippen molar-refractivity contribution in [1.29, 1.82) is 0 Å². The lowest BCUT2D eigenvalue weighted by Gasteiger charge is -2.12. The minimum Gasteiger partial charge on any atom is -0.545 e. The Morgan fingerprint density at radius 1 is 1.38 bits per heavy atom. The third-order valence-corrected chi connectivity index (χ3v) is 4.14. The van der Waals surface area contributed by atoms with Crippen molar-refractivity contribution >= 4 is 27.5 Å². The van der Waals surface area contributed by atoms with Crippen molar-refractivity contribution in [2.24, 2.45) is 0 Å². The smallest absolute Gasteiger partial charge is 0.299 e. The second-order valence-corrected chi connectivity index (χ2v) is 6.40. The van der Waals surface area contributed by atoms with E-state index in [0.29, 0.717) is 0 Å². The van der Waals surface area contributed by atoms with Crippen LogP contribution in [-0.2, 0) is 10.0 Å². The van der Waals surface area contributed by atoms with Gasteiger partial charge in [0.15, 0.2) is 0 Å². The van der Waals surface area contributed by atoms with Gasteiger partial charge in [-0.1, -0.05) is 12.1 Å². The molecule has 0 fully saturated rings. The Morgan fingerprint density at radius 2 is 2.12 bits per heavy atom. The van der Waals surface area contributed by atoms with Gasteiger partial charge < -0.3 is 9.90 Å². The van der Waals surface area contributed by atoms with Gasteiger partial charge in [-0.25, -0.2) is 13.9 Å². The Morgan fingerprint density at radius 3 is 2.83 bits per heavy atom. The first-order valence-electron chi connectivity index (χ1n) is 6.49. The first-order valence-corrected chi connectivity index (χ1v) is 7.98. The average Bonchev–Trinajstić information content (AvgIpc) is 2.92. The molecule has 0 unspecified atom stereocenters. The molecule has 3 aromatic rings. The maximum absolute atomic E-state index is 13.8. The lowest BCUT2D eigenvalue weighted by atomic mass is 10.2. The van der Waals surface area contributed by atoms with E-state index in [-0.39, 0.29) is 5.78 Å². The van der Waals surface area contributed by atoms with Crippen molar-refractivity contribution in [3.63, 3.8) is 0 Å². The van der Waals surface area contributed by atoms with Crippen molar-refractivity contribution in [1.82, 2.24) is 19.6 Å². The number of carbonyl (C=O) groups is 1. The number of aromatic nitrogens is 4. The highest BCUT2D eigenvalue weighted by atomic mass is 32.2. The summed E-state index contributed by atoms with van der Waals surface area (Å²) in [4.78, 5) is 18.7. The van der Waals surface area contributed by atoms with Gasteiger partial charge in [-0.15, -0.1) is 5.10 Å². The highest BCUT2D eigenvalue weighted by molar-refractivity contribution is 7.92. The summed E-state index contributed by atoms with van der Waals surface area (Å²) < 4.78 is 41.5. The second kappa shape index (κ2) is 5.53. The number of carboxylic acids is 1. The number of rotatable bonds is 4. The number of fused-ring (bicyclic) bond motifs is 1. The number of carboxylic acid groups (broad SMARTS) is 1. The van der Waals surface area contributed by atoms with E-state index in [9.17, 15) is 22.7 Å². The maximum Gasteiger partial charge on any atom is 0.299 e. The fourth-order valence-corrected chi connectivity index (χ4v) is 2.91. The number of aryl methyl sites for hydroxylation is 1. The molecule has 11 heteroatoms. The Labute approximate surface area is 134 Å². The highest BCUT2D eigenvalue weighted by Gasteiger charge is 2.24. The molecular formula is C13H9FN5O4S-. The van der Waals surface area contributed by atoms with E-state index in [1.165, 1.54) is 12.4 Å². The molecule has 3 rings (SSSR count). The number of hydrogen-bond acceptors (Lipinski definition) is 7. The third-order valence-electron chi connectivity index (χ3n) is 3.01. The maximum atomic E-state index is 13.8. The molecule has 1 N–H and O–H groups in total. The van der Waals surface area contributed by atoms with Gasteiger partial charge in [-0.05, 0) is 18.6 Å². The molecule has 0 amide bonds. The molecule has 0 aliphatic heterocycles. The van der Waals surface area contributed by atoms with Crippen LogP contribution in [0.15, 0.2) is 35.7 Å². The second-order valence-electron chi connectivity index (χ2n) is 4.83. The Bertz CT molecular complexity index is 1060. The van der Waals surface area contributed by atoms with Crippen molar-refractivity contribution in [3.8, 4) is 0 Å². The zero-order chi connectivity index (χ0) is 17.5. The SMILES string of the molecule is Cc1cnc2nc(S(=O)(=O)Nc3c(F)cccc3C(=O)[O-])nn2c1. The molecule has 0 spiro atoms. The molecule has 0 radical (unpaired) electrons. The molecule has 0 atom stereocenters. The van der Waals surface area contributed by atoms with E-state index in [4.69, 9.17) is 0 Å². The van der Waals surface area contributed by atoms with E-state index in [1.807, 2.05) is 4.72 Å². The Hall–Kier alpha value is -3.08. The zero-order valence-electron chi connectivity index (χ0n) is 12.1. The molecule has 2 aromatic heterocycles. The highest BCUT2D eigenvalue weighted by Crippen LogP contribution is 2.22. The summed E-state index contributed by atoms with van der Waals surface area (Å²) in [6.07, 6.45) is 2.98. The summed E-state index contributed by atoms with van der Waals surface area (Å²) in [7, 11) is -4.43. The number of benzene rings is 1. The monoisotopic (exact) mass is 350 g/mol. The number of sulfonamides is 1. The van der Waals surface area contributed by atoms with Crippen LogP contribution in [0.4, 0.5) is 10.1 Å². The van der Waals surface area contributed by atoms with Crippen LogP contribution >= 0.6 is 0 Å².